The fraction of sp³-hybridized carbons (Fsp3) is 0.909. The van der Waals surface area contributed by atoms with Crippen molar-refractivity contribution in [2.75, 3.05) is 0 Å². The first-order chi connectivity index (χ1) is 6.47. The van der Waals surface area contributed by atoms with Gasteiger partial charge in [-0.25, -0.2) is 4.99 Å². The average molecular weight is 198 g/mol. The Kier molecular flexibility index (Phi) is 3.78. The lowest BCUT2D eigenvalue weighted by molar-refractivity contribution is 0.112. The molecule has 0 amide bonds. The molecule has 1 fully saturated rings. The van der Waals surface area contributed by atoms with Crippen LogP contribution in [0.4, 0.5) is 0 Å². The van der Waals surface area contributed by atoms with E-state index >= 15 is 0 Å². The van der Waals surface area contributed by atoms with Gasteiger partial charge < -0.3 is 10.5 Å². The molecular formula is C11H22N2O. The van der Waals surface area contributed by atoms with Crippen molar-refractivity contribution in [3.63, 3.8) is 0 Å². The zero-order valence-electron chi connectivity index (χ0n) is 9.55. The van der Waals surface area contributed by atoms with Gasteiger partial charge in [-0.3, -0.25) is 0 Å². The lowest BCUT2D eigenvalue weighted by atomic mass is 9.96. The molecule has 0 bridgehead atoms. The third kappa shape index (κ3) is 4.49. The van der Waals surface area contributed by atoms with Crippen molar-refractivity contribution in [3.8, 4) is 0 Å². The lowest BCUT2D eigenvalue weighted by Crippen LogP contribution is -2.30. The number of hydrogen-bond donors (Lipinski definition) is 1. The molecule has 0 atom stereocenters. The molecular weight excluding hydrogens is 176 g/mol. The second-order valence-corrected chi connectivity index (χ2v) is 4.97. The van der Waals surface area contributed by atoms with E-state index in [4.69, 9.17) is 10.5 Å². The van der Waals surface area contributed by atoms with Crippen LogP contribution in [-0.4, -0.2) is 17.7 Å². The van der Waals surface area contributed by atoms with Crippen molar-refractivity contribution >= 4 is 6.02 Å². The summed E-state index contributed by atoms with van der Waals surface area (Å²) in [6.45, 7) is 5.95. The summed E-state index contributed by atoms with van der Waals surface area (Å²) in [4.78, 5) is 4.39. The van der Waals surface area contributed by atoms with E-state index in [0.29, 0.717) is 12.1 Å². The predicted octanol–water partition coefficient (Wildman–Crippen LogP) is 2.45. The van der Waals surface area contributed by atoms with Gasteiger partial charge in [-0.05, 0) is 33.6 Å². The van der Waals surface area contributed by atoms with Gasteiger partial charge in [0.25, 0.3) is 6.02 Å². The topological polar surface area (TPSA) is 47.6 Å². The molecule has 0 aromatic carbocycles. The summed E-state index contributed by atoms with van der Waals surface area (Å²) >= 11 is 0. The van der Waals surface area contributed by atoms with Crippen LogP contribution in [0.5, 0.6) is 0 Å². The Balaban J connectivity index is 2.41. The van der Waals surface area contributed by atoms with Gasteiger partial charge in [0, 0.05) is 0 Å². The Hall–Kier alpha value is -0.730. The van der Waals surface area contributed by atoms with E-state index in [0.717, 1.165) is 12.8 Å². The maximum Gasteiger partial charge on any atom is 0.282 e. The minimum atomic E-state index is -0.234. The highest BCUT2D eigenvalue weighted by molar-refractivity contribution is 5.72. The van der Waals surface area contributed by atoms with Crippen molar-refractivity contribution < 1.29 is 4.74 Å². The number of rotatable bonds is 1. The maximum atomic E-state index is 5.72. The summed E-state index contributed by atoms with van der Waals surface area (Å²) in [6.07, 6.45) is 6.21. The summed E-state index contributed by atoms with van der Waals surface area (Å²) in [6, 6.07) is 0.746. The Morgan fingerprint density at radius 3 is 2.29 bits per heavy atom. The molecule has 0 radical (unpaired) electrons. The van der Waals surface area contributed by atoms with Crippen LogP contribution in [0.15, 0.2) is 4.99 Å². The van der Waals surface area contributed by atoms with E-state index in [2.05, 4.69) is 4.99 Å². The molecule has 14 heavy (non-hydrogen) atoms. The monoisotopic (exact) mass is 198 g/mol. The van der Waals surface area contributed by atoms with Crippen LogP contribution >= 0.6 is 0 Å². The van der Waals surface area contributed by atoms with Crippen molar-refractivity contribution in [1.82, 2.24) is 0 Å². The van der Waals surface area contributed by atoms with Gasteiger partial charge in [-0.1, -0.05) is 19.3 Å². The van der Waals surface area contributed by atoms with Gasteiger partial charge in [-0.2, -0.15) is 0 Å². The Bertz CT molecular complexity index is 200. The molecule has 1 saturated carbocycles. The summed E-state index contributed by atoms with van der Waals surface area (Å²) in [5.41, 5.74) is 5.48. The second-order valence-electron chi connectivity index (χ2n) is 4.97. The quantitative estimate of drug-likeness (QED) is 0.519. The first kappa shape index (κ1) is 11.3. The van der Waals surface area contributed by atoms with Crippen molar-refractivity contribution in [1.29, 1.82) is 0 Å². The highest BCUT2D eigenvalue weighted by Crippen LogP contribution is 2.20. The van der Waals surface area contributed by atoms with Crippen LogP contribution in [0.1, 0.15) is 52.9 Å². The molecule has 82 valence electrons. The lowest BCUT2D eigenvalue weighted by Gasteiger charge is -2.22. The molecule has 0 spiro atoms. The average Bonchev–Trinajstić information content (AvgIpc) is 2.02. The van der Waals surface area contributed by atoms with E-state index in [1.54, 1.807) is 0 Å². The molecule has 3 heteroatoms. The van der Waals surface area contributed by atoms with E-state index in [1.165, 1.54) is 19.3 Å². The molecule has 0 unspecified atom stereocenters. The van der Waals surface area contributed by atoms with Gasteiger partial charge >= 0.3 is 0 Å². The molecule has 0 aromatic heterocycles. The summed E-state index contributed by atoms with van der Waals surface area (Å²) in [5, 5.41) is 0. The molecule has 1 aliphatic rings. The molecule has 1 rings (SSSR count). The Labute approximate surface area is 86.7 Å². The van der Waals surface area contributed by atoms with Crippen molar-refractivity contribution in [3.05, 3.63) is 0 Å². The van der Waals surface area contributed by atoms with Gasteiger partial charge in [-0.15, -0.1) is 0 Å². The zero-order chi connectivity index (χ0) is 10.6. The van der Waals surface area contributed by atoms with Crippen LogP contribution in [0.3, 0.4) is 0 Å². The third-order valence-corrected chi connectivity index (χ3v) is 2.30. The van der Waals surface area contributed by atoms with Crippen LogP contribution in [0.25, 0.3) is 0 Å². The number of aliphatic imine (C=N–C) groups is 1. The van der Waals surface area contributed by atoms with Crippen molar-refractivity contribution in [2.45, 2.75) is 64.5 Å². The Morgan fingerprint density at radius 1 is 1.21 bits per heavy atom. The number of ether oxygens (including phenoxy) is 1. The van der Waals surface area contributed by atoms with Crippen LogP contribution in [0.2, 0.25) is 0 Å². The molecule has 2 N–H and O–H groups in total. The van der Waals surface area contributed by atoms with Gasteiger partial charge in [0.2, 0.25) is 0 Å². The molecule has 0 aromatic rings. The minimum Gasteiger partial charge on any atom is -0.460 e. The zero-order valence-corrected chi connectivity index (χ0v) is 9.55. The predicted molar refractivity (Wildman–Crippen MR) is 59.3 cm³/mol. The van der Waals surface area contributed by atoms with Crippen LogP contribution in [-0.2, 0) is 4.74 Å². The summed E-state index contributed by atoms with van der Waals surface area (Å²) in [7, 11) is 0. The summed E-state index contributed by atoms with van der Waals surface area (Å²) in [5.74, 6) is 0. The van der Waals surface area contributed by atoms with Crippen LogP contribution < -0.4 is 5.73 Å². The largest absolute Gasteiger partial charge is 0.460 e. The minimum absolute atomic E-state index is 0.234. The standard InChI is InChI=1S/C11H22N2O/c1-11(2,3)14-10(12)13-9-7-5-4-6-8-9/h9H,4-8H2,1-3H3,(H2,12,13). The third-order valence-electron chi connectivity index (χ3n) is 2.30. The molecule has 3 nitrogen and oxygen atoms in total. The highest BCUT2D eigenvalue weighted by Gasteiger charge is 2.16. The highest BCUT2D eigenvalue weighted by atomic mass is 16.5. The second kappa shape index (κ2) is 4.67. The smallest absolute Gasteiger partial charge is 0.282 e. The van der Waals surface area contributed by atoms with E-state index in [9.17, 15) is 0 Å². The fourth-order valence-corrected chi connectivity index (χ4v) is 1.73. The molecule has 0 aliphatic heterocycles. The van der Waals surface area contributed by atoms with Gasteiger partial charge in [0.15, 0.2) is 0 Å². The molecule has 0 saturated heterocycles. The van der Waals surface area contributed by atoms with E-state index < -0.39 is 0 Å². The maximum absolute atomic E-state index is 5.72. The first-order valence-corrected chi connectivity index (χ1v) is 5.50. The SMILES string of the molecule is CC(C)(C)OC(N)=NC1CCCCC1. The molecule has 0 heterocycles. The van der Waals surface area contributed by atoms with Crippen molar-refractivity contribution in [2.24, 2.45) is 10.7 Å². The van der Waals surface area contributed by atoms with Crippen LogP contribution in [0, 0.1) is 0 Å². The number of nitrogens with two attached hydrogens (primary N) is 1. The fourth-order valence-electron chi connectivity index (χ4n) is 1.73. The summed E-state index contributed by atoms with van der Waals surface area (Å²) < 4.78 is 5.47. The number of nitrogens with zero attached hydrogens (tertiary/aromatic N) is 1. The molecule has 1 aliphatic carbocycles. The normalized spacial score (nSPS) is 20.9. The number of hydrogen-bond acceptors (Lipinski definition) is 2. The Morgan fingerprint density at radius 2 is 1.79 bits per heavy atom. The first-order valence-electron chi connectivity index (χ1n) is 5.50. The van der Waals surface area contributed by atoms with Gasteiger partial charge in [0.1, 0.15) is 5.60 Å². The van der Waals surface area contributed by atoms with E-state index in [-0.39, 0.29) is 5.60 Å². The van der Waals surface area contributed by atoms with Gasteiger partial charge in [0.05, 0.1) is 6.04 Å². The number of amidine groups is 1. The van der Waals surface area contributed by atoms with E-state index in [1.807, 2.05) is 20.8 Å².